The lowest BCUT2D eigenvalue weighted by molar-refractivity contribution is 0.0691. The molecule has 2 aromatic carbocycles. The normalized spacial score (nSPS) is 10.3. The maximum atomic E-state index is 13.5. The Hall–Kier alpha value is -1.78. The van der Waals surface area contributed by atoms with Gasteiger partial charge in [0.25, 0.3) is 0 Å². The van der Waals surface area contributed by atoms with E-state index in [4.69, 9.17) is 33.0 Å². The van der Waals surface area contributed by atoms with Crippen LogP contribution in [0.4, 0.5) is 4.39 Å². The standard InChI is InChI=1S/C14H9Cl2FO3/c15-9-1-3-12(17)8(5-9)7-20-13-4-2-10(16)6-11(13)14(18)19/h1-6H,7H2,(H,18,19). The molecule has 104 valence electrons. The Morgan fingerprint density at radius 1 is 1.15 bits per heavy atom. The van der Waals surface area contributed by atoms with Crippen molar-refractivity contribution in [3.05, 3.63) is 63.4 Å². The minimum atomic E-state index is -1.17. The summed E-state index contributed by atoms with van der Waals surface area (Å²) in [7, 11) is 0. The highest BCUT2D eigenvalue weighted by Gasteiger charge is 2.13. The number of aromatic carboxylic acids is 1. The van der Waals surface area contributed by atoms with Crippen molar-refractivity contribution in [2.75, 3.05) is 0 Å². The molecule has 0 radical (unpaired) electrons. The summed E-state index contributed by atoms with van der Waals surface area (Å²) in [5, 5.41) is 9.71. The molecular formula is C14H9Cl2FO3. The van der Waals surface area contributed by atoms with E-state index in [2.05, 4.69) is 0 Å². The first-order chi connectivity index (χ1) is 9.47. The summed E-state index contributed by atoms with van der Waals surface area (Å²) in [6, 6.07) is 8.26. The van der Waals surface area contributed by atoms with Gasteiger partial charge in [-0.15, -0.1) is 0 Å². The lowest BCUT2D eigenvalue weighted by Gasteiger charge is -2.10. The van der Waals surface area contributed by atoms with E-state index in [9.17, 15) is 9.18 Å². The van der Waals surface area contributed by atoms with E-state index in [1.807, 2.05) is 0 Å². The number of carbonyl (C=O) groups is 1. The first kappa shape index (κ1) is 14.6. The van der Waals surface area contributed by atoms with Crippen molar-refractivity contribution in [1.29, 1.82) is 0 Å². The molecule has 3 nitrogen and oxygen atoms in total. The first-order valence-corrected chi connectivity index (χ1v) is 6.32. The zero-order valence-electron chi connectivity index (χ0n) is 10.1. The number of hydrogen-bond donors (Lipinski definition) is 1. The molecule has 1 N–H and O–H groups in total. The molecule has 0 aliphatic heterocycles. The second-order valence-electron chi connectivity index (χ2n) is 3.97. The molecule has 0 bridgehead atoms. The zero-order chi connectivity index (χ0) is 14.7. The van der Waals surface area contributed by atoms with Crippen LogP contribution in [-0.2, 0) is 6.61 Å². The average Bonchev–Trinajstić information content (AvgIpc) is 2.40. The van der Waals surface area contributed by atoms with Crippen LogP contribution in [0.2, 0.25) is 10.0 Å². The van der Waals surface area contributed by atoms with Crippen molar-refractivity contribution in [2.45, 2.75) is 6.61 Å². The highest BCUT2D eigenvalue weighted by Crippen LogP contribution is 2.24. The second-order valence-corrected chi connectivity index (χ2v) is 4.84. The highest BCUT2D eigenvalue weighted by molar-refractivity contribution is 6.31. The van der Waals surface area contributed by atoms with Crippen LogP contribution < -0.4 is 4.74 Å². The van der Waals surface area contributed by atoms with Crippen LogP contribution in [0, 0.1) is 5.82 Å². The summed E-state index contributed by atoms with van der Waals surface area (Å²) >= 11 is 11.5. The third-order valence-electron chi connectivity index (χ3n) is 2.56. The molecule has 0 unspecified atom stereocenters. The molecule has 0 amide bonds. The van der Waals surface area contributed by atoms with Gasteiger partial charge < -0.3 is 9.84 Å². The van der Waals surface area contributed by atoms with Crippen LogP contribution in [0.1, 0.15) is 15.9 Å². The molecule has 0 heterocycles. The quantitative estimate of drug-likeness (QED) is 0.909. The maximum Gasteiger partial charge on any atom is 0.339 e. The molecule has 2 rings (SSSR count). The molecule has 0 atom stereocenters. The Balaban J connectivity index is 2.23. The van der Waals surface area contributed by atoms with Gasteiger partial charge in [0.15, 0.2) is 0 Å². The fraction of sp³-hybridized carbons (Fsp3) is 0.0714. The monoisotopic (exact) mass is 314 g/mol. The van der Waals surface area contributed by atoms with E-state index in [0.29, 0.717) is 5.02 Å². The topological polar surface area (TPSA) is 46.5 Å². The highest BCUT2D eigenvalue weighted by atomic mass is 35.5. The minimum absolute atomic E-state index is 0.0834. The molecule has 0 aliphatic rings. The van der Waals surface area contributed by atoms with Crippen LogP contribution in [0.25, 0.3) is 0 Å². The number of ether oxygens (including phenoxy) is 1. The van der Waals surface area contributed by atoms with Gasteiger partial charge in [0.1, 0.15) is 23.7 Å². The van der Waals surface area contributed by atoms with Crippen LogP contribution in [0.15, 0.2) is 36.4 Å². The molecule has 2 aromatic rings. The predicted molar refractivity (Wildman–Crippen MR) is 74.2 cm³/mol. The fourth-order valence-corrected chi connectivity index (χ4v) is 1.97. The van der Waals surface area contributed by atoms with E-state index in [-0.39, 0.29) is 28.5 Å². The van der Waals surface area contributed by atoms with E-state index in [1.165, 1.54) is 36.4 Å². The first-order valence-electron chi connectivity index (χ1n) is 5.57. The van der Waals surface area contributed by atoms with Crippen LogP contribution in [0.3, 0.4) is 0 Å². The molecule has 6 heteroatoms. The Kier molecular flexibility index (Phi) is 4.47. The molecule has 0 fully saturated rings. The molecule has 0 saturated heterocycles. The smallest absolute Gasteiger partial charge is 0.339 e. The summed E-state index contributed by atoms with van der Waals surface area (Å²) in [4.78, 5) is 11.1. The number of halogens is 3. The van der Waals surface area contributed by atoms with Gasteiger partial charge in [-0.25, -0.2) is 9.18 Å². The van der Waals surface area contributed by atoms with E-state index < -0.39 is 11.8 Å². The predicted octanol–water partition coefficient (Wildman–Crippen LogP) is 4.41. The summed E-state index contributed by atoms with van der Waals surface area (Å²) in [6.45, 7) is -0.131. The van der Waals surface area contributed by atoms with Crippen molar-refractivity contribution >= 4 is 29.2 Å². The van der Waals surface area contributed by atoms with Crippen molar-refractivity contribution < 1.29 is 19.0 Å². The van der Waals surface area contributed by atoms with Gasteiger partial charge in [-0.05, 0) is 36.4 Å². The van der Waals surface area contributed by atoms with Gasteiger partial charge in [0.2, 0.25) is 0 Å². The Morgan fingerprint density at radius 3 is 2.50 bits per heavy atom. The fourth-order valence-electron chi connectivity index (χ4n) is 1.60. The lowest BCUT2D eigenvalue weighted by Crippen LogP contribution is -2.04. The Labute approximate surface area is 124 Å². The summed E-state index contributed by atoms with van der Waals surface area (Å²) < 4.78 is 18.9. The van der Waals surface area contributed by atoms with Crippen molar-refractivity contribution in [1.82, 2.24) is 0 Å². The average molecular weight is 315 g/mol. The largest absolute Gasteiger partial charge is 0.488 e. The zero-order valence-corrected chi connectivity index (χ0v) is 11.6. The third kappa shape index (κ3) is 3.40. The number of hydrogen-bond acceptors (Lipinski definition) is 2. The van der Waals surface area contributed by atoms with E-state index >= 15 is 0 Å². The van der Waals surface area contributed by atoms with Gasteiger partial charge in [-0.2, -0.15) is 0 Å². The number of rotatable bonds is 4. The summed E-state index contributed by atoms with van der Waals surface area (Å²) in [6.07, 6.45) is 0. The number of benzene rings is 2. The van der Waals surface area contributed by atoms with Gasteiger partial charge in [-0.1, -0.05) is 23.2 Å². The van der Waals surface area contributed by atoms with E-state index in [1.54, 1.807) is 0 Å². The minimum Gasteiger partial charge on any atom is -0.488 e. The van der Waals surface area contributed by atoms with Crippen molar-refractivity contribution in [3.63, 3.8) is 0 Å². The van der Waals surface area contributed by atoms with Gasteiger partial charge in [0.05, 0.1) is 0 Å². The molecular weight excluding hydrogens is 306 g/mol. The lowest BCUT2D eigenvalue weighted by atomic mass is 10.2. The van der Waals surface area contributed by atoms with Crippen LogP contribution in [-0.4, -0.2) is 11.1 Å². The molecule has 0 aromatic heterocycles. The third-order valence-corrected chi connectivity index (χ3v) is 3.03. The summed E-state index contributed by atoms with van der Waals surface area (Å²) in [5.41, 5.74) is 0.156. The maximum absolute atomic E-state index is 13.5. The number of carboxylic acid groups (broad SMARTS) is 1. The van der Waals surface area contributed by atoms with Gasteiger partial charge in [-0.3, -0.25) is 0 Å². The van der Waals surface area contributed by atoms with E-state index in [0.717, 1.165) is 0 Å². The Bertz CT molecular complexity index is 659. The molecule has 20 heavy (non-hydrogen) atoms. The molecule has 0 spiro atoms. The second kappa shape index (κ2) is 6.11. The molecule has 0 aliphatic carbocycles. The van der Waals surface area contributed by atoms with Crippen LogP contribution >= 0.6 is 23.2 Å². The van der Waals surface area contributed by atoms with Gasteiger partial charge in [0, 0.05) is 15.6 Å². The Morgan fingerprint density at radius 2 is 1.80 bits per heavy atom. The molecule has 0 saturated carbocycles. The SMILES string of the molecule is O=C(O)c1cc(Cl)ccc1OCc1cc(Cl)ccc1F. The number of carboxylic acids is 1. The van der Waals surface area contributed by atoms with Crippen LogP contribution in [0.5, 0.6) is 5.75 Å². The van der Waals surface area contributed by atoms with Crippen molar-refractivity contribution in [2.24, 2.45) is 0 Å². The van der Waals surface area contributed by atoms with Crippen molar-refractivity contribution in [3.8, 4) is 5.75 Å². The summed E-state index contributed by atoms with van der Waals surface area (Å²) in [5.74, 6) is -1.53. The van der Waals surface area contributed by atoms with Gasteiger partial charge >= 0.3 is 5.97 Å².